The van der Waals surface area contributed by atoms with Crippen LogP contribution < -0.4 is 4.74 Å². The molecule has 0 fully saturated rings. The van der Waals surface area contributed by atoms with Gasteiger partial charge in [-0.05, 0) is 41.3 Å². The summed E-state index contributed by atoms with van der Waals surface area (Å²) in [5.74, 6) is 1.87. The predicted molar refractivity (Wildman–Crippen MR) is 94.5 cm³/mol. The second kappa shape index (κ2) is 5.13. The number of hydrogen-bond acceptors (Lipinski definition) is 4. The van der Waals surface area contributed by atoms with E-state index in [0.717, 1.165) is 27.8 Å². The highest BCUT2D eigenvalue weighted by Gasteiger charge is 2.18. The lowest BCUT2D eigenvalue weighted by atomic mass is 9.87. The average Bonchev–Trinajstić information content (AvgIpc) is 3.15. The van der Waals surface area contributed by atoms with E-state index in [2.05, 4.69) is 37.9 Å². The van der Waals surface area contributed by atoms with E-state index in [0.29, 0.717) is 11.7 Å². The third-order valence-corrected chi connectivity index (χ3v) is 4.19. The van der Waals surface area contributed by atoms with E-state index in [1.165, 1.54) is 5.56 Å². The fraction of sp³-hybridized carbons (Fsp3) is 0.250. The number of nitrogens with zero attached hydrogens (tertiary/aromatic N) is 1. The molecule has 0 aliphatic carbocycles. The van der Waals surface area contributed by atoms with E-state index in [-0.39, 0.29) is 5.41 Å². The van der Waals surface area contributed by atoms with Gasteiger partial charge in [0.25, 0.3) is 5.89 Å². The zero-order chi connectivity index (χ0) is 16.9. The van der Waals surface area contributed by atoms with Crippen molar-refractivity contribution in [3.8, 4) is 17.4 Å². The maximum Gasteiger partial charge on any atom is 0.263 e. The van der Waals surface area contributed by atoms with E-state index in [4.69, 9.17) is 13.6 Å². The number of oxazole rings is 1. The molecule has 0 atom stereocenters. The van der Waals surface area contributed by atoms with Crippen LogP contribution in [0.4, 0.5) is 0 Å². The number of hydrogen-bond donors (Lipinski definition) is 0. The van der Waals surface area contributed by atoms with Gasteiger partial charge >= 0.3 is 0 Å². The fourth-order valence-electron chi connectivity index (χ4n) is 2.74. The van der Waals surface area contributed by atoms with E-state index in [1.54, 1.807) is 7.11 Å². The smallest absolute Gasteiger partial charge is 0.263 e. The van der Waals surface area contributed by atoms with Crippen LogP contribution in [0.5, 0.6) is 5.75 Å². The van der Waals surface area contributed by atoms with Crippen LogP contribution in [0.25, 0.3) is 33.7 Å². The Labute approximate surface area is 140 Å². The van der Waals surface area contributed by atoms with Crippen LogP contribution in [-0.2, 0) is 5.41 Å². The molecule has 0 saturated carbocycles. The number of aromatic nitrogens is 1. The van der Waals surface area contributed by atoms with Crippen LogP contribution in [0.3, 0.4) is 0 Å². The summed E-state index contributed by atoms with van der Waals surface area (Å²) in [6.07, 6.45) is 0. The van der Waals surface area contributed by atoms with Gasteiger partial charge < -0.3 is 13.6 Å². The van der Waals surface area contributed by atoms with Gasteiger partial charge in [-0.25, -0.2) is 4.98 Å². The Morgan fingerprint density at radius 3 is 2.50 bits per heavy atom. The van der Waals surface area contributed by atoms with Crippen LogP contribution in [0.15, 0.2) is 51.3 Å². The van der Waals surface area contributed by atoms with Crippen LogP contribution in [0, 0.1) is 0 Å². The Morgan fingerprint density at radius 1 is 0.917 bits per heavy atom. The standard InChI is InChI=1S/C20H19NO3/c1-20(2,3)13-6-8-16-15(10-13)21-19(24-16)18-9-12-5-7-14(22-4)11-17(12)23-18/h5-11H,1-4H3. The zero-order valence-corrected chi connectivity index (χ0v) is 14.2. The molecule has 0 unspecified atom stereocenters. The molecular formula is C20H19NO3. The lowest BCUT2D eigenvalue weighted by Gasteiger charge is -2.18. The van der Waals surface area contributed by atoms with Gasteiger partial charge in [-0.15, -0.1) is 0 Å². The molecule has 0 amide bonds. The summed E-state index contributed by atoms with van der Waals surface area (Å²) in [6.45, 7) is 6.55. The van der Waals surface area contributed by atoms with Crippen molar-refractivity contribution in [2.75, 3.05) is 7.11 Å². The molecule has 4 heteroatoms. The van der Waals surface area contributed by atoms with Gasteiger partial charge in [-0.3, -0.25) is 0 Å². The van der Waals surface area contributed by atoms with Crippen molar-refractivity contribution in [1.29, 1.82) is 0 Å². The van der Waals surface area contributed by atoms with Crippen LogP contribution in [-0.4, -0.2) is 12.1 Å². The first kappa shape index (κ1) is 14.8. The highest BCUT2D eigenvalue weighted by Crippen LogP contribution is 2.33. The van der Waals surface area contributed by atoms with Crippen LogP contribution >= 0.6 is 0 Å². The normalized spacial score (nSPS) is 12.2. The fourth-order valence-corrected chi connectivity index (χ4v) is 2.74. The summed E-state index contributed by atoms with van der Waals surface area (Å²) < 4.78 is 17.0. The quantitative estimate of drug-likeness (QED) is 0.486. The summed E-state index contributed by atoms with van der Waals surface area (Å²) in [7, 11) is 1.64. The SMILES string of the molecule is COc1ccc2cc(-c3nc4cc(C(C)(C)C)ccc4o3)oc2c1. The molecule has 0 spiro atoms. The highest BCUT2D eigenvalue weighted by molar-refractivity contribution is 5.84. The Bertz CT molecular complexity index is 1030. The summed E-state index contributed by atoms with van der Waals surface area (Å²) in [5.41, 5.74) is 3.65. The van der Waals surface area contributed by atoms with Crippen molar-refractivity contribution >= 4 is 22.1 Å². The first-order valence-electron chi connectivity index (χ1n) is 7.93. The van der Waals surface area contributed by atoms with E-state index in [1.807, 2.05) is 30.3 Å². The lowest BCUT2D eigenvalue weighted by molar-refractivity contribution is 0.414. The van der Waals surface area contributed by atoms with Crippen LogP contribution in [0.2, 0.25) is 0 Å². The molecule has 122 valence electrons. The van der Waals surface area contributed by atoms with E-state index < -0.39 is 0 Å². The summed E-state index contributed by atoms with van der Waals surface area (Å²) in [6, 6.07) is 13.8. The number of benzene rings is 2. The lowest BCUT2D eigenvalue weighted by Crippen LogP contribution is -2.10. The molecule has 4 rings (SSSR count). The number of fused-ring (bicyclic) bond motifs is 2. The first-order chi connectivity index (χ1) is 11.4. The van der Waals surface area contributed by atoms with E-state index >= 15 is 0 Å². The minimum Gasteiger partial charge on any atom is -0.497 e. The largest absolute Gasteiger partial charge is 0.497 e. The van der Waals surface area contributed by atoms with Gasteiger partial charge in [0.15, 0.2) is 11.3 Å². The van der Waals surface area contributed by atoms with Gasteiger partial charge in [0.2, 0.25) is 0 Å². The first-order valence-corrected chi connectivity index (χ1v) is 7.93. The molecule has 0 aliphatic rings. The highest BCUT2D eigenvalue weighted by atomic mass is 16.5. The molecule has 0 N–H and O–H groups in total. The van der Waals surface area contributed by atoms with Gasteiger partial charge in [0, 0.05) is 11.5 Å². The van der Waals surface area contributed by atoms with Crippen molar-refractivity contribution < 1.29 is 13.6 Å². The topological polar surface area (TPSA) is 48.4 Å². The summed E-state index contributed by atoms with van der Waals surface area (Å²) in [5, 5.41) is 0.989. The summed E-state index contributed by atoms with van der Waals surface area (Å²) >= 11 is 0. The van der Waals surface area contributed by atoms with Crippen molar-refractivity contribution in [1.82, 2.24) is 4.98 Å². The van der Waals surface area contributed by atoms with E-state index in [9.17, 15) is 0 Å². The van der Waals surface area contributed by atoms with Gasteiger partial charge in [-0.2, -0.15) is 0 Å². The average molecular weight is 321 g/mol. The van der Waals surface area contributed by atoms with Crippen molar-refractivity contribution in [2.45, 2.75) is 26.2 Å². The van der Waals surface area contributed by atoms with Gasteiger partial charge in [0.05, 0.1) is 7.11 Å². The zero-order valence-electron chi connectivity index (χ0n) is 14.2. The molecular weight excluding hydrogens is 302 g/mol. The van der Waals surface area contributed by atoms with Crippen molar-refractivity contribution in [3.05, 3.63) is 48.0 Å². The van der Waals surface area contributed by atoms with Crippen LogP contribution in [0.1, 0.15) is 26.3 Å². The molecule has 2 aromatic heterocycles. The molecule has 0 bridgehead atoms. The van der Waals surface area contributed by atoms with Crippen molar-refractivity contribution in [3.63, 3.8) is 0 Å². The third kappa shape index (κ3) is 2.44. The monoisotopic (exact) mass is 321 g/mol. The predicted octanol–water partition coefficient (Wildman–Crippen LogP) is 5.55. The molecule has 0 radical (unpaired) electrons. The molecule has 4 nitrogen and oxygen atoms in total. The Morgan fingerprint density at radius 2 is 1.75 bits per heavy atom. The Kier molecular flexibility index (Phi) is 3.17. The minimum atomic E-state index is 0.0726. The molecule has 0 saturated heterocycles. The maximum absolute atomic E-state index is 5.89. The van der Waals surface area contributed by atoms with Crippen molar-refractivity contribution in [2.24, 2.45) is 0 Å². The Hall–Kier alpha value is -2.75. The second-order valence-corrected chi connectivity index (χ2v) is 6.97. The maximum atomic E-state index is 5.89. The Balaban J connectivity index is 1.81. The molecule has 0 aliphatic heterocycles. The minimum absolute atomic E-state index is 0.0726. The number of methoxy groups -OCH3 is 1. The molecule has 2 heterocycles. The van der Waals surface area contributed by atoms with Gasteiger partial charge in [0.1, 0.15) is 16.8 Å². The van der Waals surface area contributed by atoms with Gasteiger partial charge in [-0.1, -0.05) is 26.8 Å². The number of rotatable bonds is 2. The summed E-state index contributed by atoms with van der Waals surface area (Å²) in [4.78, 5) is 4.60. The molecule has 24 heavy (non-hydrogen) atoms. The molecule has 2 aromatic carbocycles. The second-order valence-electron chi connectivity index (χ2n) is 6.97. The number of furan rings is 1. The molecule has 4 aromatic rings. The number of ether oxygens (including phenoxy) is 1. The third-order valence-electron chi connectivity index (χ3n) is 4.19.